The molecule has 3 aromatic rings. The number of fused-ring (bicyclic) bond motifs is 2. The summed E-state index contributed by atoms with van der Waals surface area (Å²) >= 11 is 0. The molecule has 2 heterocycles. The second-order valence-corrected chi connectivity index (χ2v) is 6.27. The molecule has 0 bridgehead atoms. The molecule has 0 unspecified atom stereocenters. The van der Waals surface area contributed by atoms with E-state index in [1.165, 1.54) is 22.3 Å². The van der Waals surface area contributed by atoms with Gasteiger partial charge in [-0.15, -0.1) is 0 Å². The number of aliphatic imine (C=N–C) groups is 2. The fourth-order valence-electron chi connectivity index (χ4n) is 3.57. The third kappa shape index (κ3) is 2.11. The maximum atomic E-state index is 4.86. The number of para-hydroxylation sites is 2. The van der Waals surface area contributed by atoms with E-state index in [-0.39, 0.29) is 0 Å². The van der Waals surface area contributed by atoms with Crippen molar-refractivity contribution >= 4 is 22.8 Å². The zero-order valence-corrected chi connectivity index (χ0v) is 13.2. The number of hydrogen-bond acceptors (Lipinski definition) is 2. The molecule has 3 aromatic carbocycles. The smallest absolute Gasteiger partial charge is 0.0669 e. The van der Waals surface area contributed by atoms with Crippen LogP contribution < -0.4 is 0 Å². The Kier molecular flexibility index (Phi) is 2.95. The van der Waals surface area contributed by atoms with E-state index < -0.39 is 0 Å². The lowest BCUT2D eigenvalue weighted by Gasteiger charge is -2.09. The number of benzene rings is 3. The van der Waals surface area contributed by atoms with Gasteiger partial charge in [0.1, 0.15) is 0 Å². The van der Waals surface area contributed by atoms with Crippen molar-refractivity contribution in [1.82, 2.24) is 0 Å². The average Bonchev–Trinajstić information content (AvgIpc) is 3.25. The molecule has 0 N–H and O–H groups in total. The van der Waals surface area contributed by atoms with Crippen LogP contribution in [0.15, 0.2) is 82.8 Å². The standard InChI is InChI=1S/C22H16N2/c1-5-11-19-15(7-1)13-21(23-19)17-9-3-4-10-18(17)22-14-16-8-2-6-12-20(16)24-22/h1-12H,13-14H2. The van der Waals surface area contributed by atoms with Gasteiger partial charge in [0.05, 0.1) is 22.8 Å². The third-order valence-electron chi connectivity index (χ3n) is 4.76. The maximum Gasteiger partial charge on any atom is 0.0669 e. The third-order valence-corrected chi connectivity index (χ3v) is 4.76. The van der Waals surface area contributed by atoms with E-state index in [4.69, 9.17) is 9.98 Å². The zero-order valence-electron chi connectivity index (χ0n) is 13.2. The predicted molar refractivity (Wildman–Crippen MR) is 99.1 cm³/mol. The van der Waals surface area contributed by atoms with Crippen molar-refractivity contribution in [2.75, 3.05) is 0 Å². The SMILES string of the molecule is c1ccc2c(c1)CC(c1ccccc1C1=Nc3ccccc3C1)=N2. The molecule has 0 aliphatic carbocycles. The van der Waals surface area contributed by atoms with Crippen LogP contribution in [0.4, 0.5) is 11.4 Å². The lowest BCUT2D eigenvalue weighted by molar-refractivity contribution is 1.37. The summed E-state index contributed by atoms with van der Waals surface area (Å²) in [5.74, 6) is 0. The second-order valence-electron chi connectivity index (χ2n) is 6.27. The highest BCUT2D eigenvalue weighted by Gasteiger charge is 2.22. The van der Waals surface area contributed by atoms with Gasteiger partial charge in [-0.1, -0.05) is 60.7 Å². The normalized spacial score (nSPS) is 14.8. The van der Waals surface area contributed by atoms with E-state index in [0.717, 1.165) is 35.6 Å². The van der Waals surface area contributed by atoms with E-state index in [1.807, 2.05) is 0 Å². The molecule has 24 heavy (non-hydrogen) atoms. The van der Waals surface area contributed by atoms with E-state index in [1.54, 1.807) is 0 Å². The van der Waals surface area contributed by atoms with Crippen molar-refractivity contribution in [2.45, 2.75) is 12.8 Å². The van der Waals surface area contributed by atoms with Gasteiger partial charge in [-0.05, 0) is 23.3 Å². The molecule has 5 rings (SSSR count). The Hall–Kier alpha value is -3.00. The molecule has 114 valence electrons. The Bertz CT molecular complexity index is 929. The molecule has 0 aromatic heterocycles. The van der Waals surface area contributed by atoms with Crippen LogP contribution in [0, 0.1) is 0 Å². The summed E-state index contributed by atoms with van der Waals surface area (Å²) in [6.45, 7) is 0. The van der Waals surface area contributed by atoms with E-state index in [0.29, 0.717) is 0 Å². The van der Waals surface area contributed by atoms with Crippen LogP contribution in [0.5, 0.6) is 0 Å². The molecule has 2 aliphatic heterocycles. The van der Waals surface area contributed by atoms with E-state index in [2.05, 4.69) is 72.8 Å². The lowest BCUT2D eigenvalue weighted by atomic mass is 9.95. The fraction of sp³-hybridized carbons (Fsp3) is 0.0909. The van der Waals surface area contributed by atoms with E-state index in [9.17, 15) is 0 Å². The Morgan fingerprint density at radius 2 is 0.917 bits per heavy atom. The molecule has 2 heteroatoms. The minimum Gasteiger partial charge on any atom is -0.252 e. The van der Waals surface area contributed by atoms with Crippen molar-refractivity contribution in [1.29, 1.82) is 0 Å². The highest BCUT2D eigenvalue weighted by atomic mass is 14.8. The Morgan fingerprint density at radius 1 is 0.500 bits per heavy atom. The maximum absolute atomic E-state index is 4.86. The Labute approximate surface area is 141 Å². The summed E-state index contributed by atoms with van der Waals surface area (Å²) in [6, 6.07) is 25.3. The molecule has 0 radical (unpaired) electrons. The predicted octanol–water partition coefficient (Wildman–Crippen LogP) is 5.04. The van der Waals surface area contributed by atoms with Crippen molar-refractivity contribution < 1.29 is 0 Å². The Morgan fingerprint density at radius 3 is 1.38 bits per heavy atom. The van der Waals surface area contributed by atoms with Gasteiger partial charge in [-0.3, -0.25) is 9.98 Å². The van der Waals surface area contributed by atoms with Crippen molar-refractivity contribution in [3.05, 3.63) is 95.1 Å². The van der Waals surface area contributed by atoms with Crippen molar-refractivity contribution in [3.8, 4) is 0 Å². The molecule has 0 saturated heterocycles. The van der Waals surface area contributed by atoms with Crippen LogP contribution in [-0.2, 0) is 12.8 Å². The van der Waals surface area contributed by atoms with Gasteiger partial charge in [0.15, 0.2) is 0 Å². The summed E-state index contributed by atoms with van der Waals surface area (Å²) in [7, 11) is 0. The van der Waals surface area contributed by atoms with Gasteiger partial charge in [0.2, 0.25) is 0 Å². The van der Waals surface area contributed by atoms with Crippen LogP contribution in [-0.4, -0.2) is 11.4 Å². The van der Waals surface area contributed by atoms with Crippen LogP contribution >= 0.6 is 0 Å². The van der Waals surface area contributed by atoms with E-state index >= 15 is 0 Å². The van der Waals surface area contributed by atoms with Crippen LogP contribution in [0.3, 0.4) is 0 Å². The van der Waals surface area contributed by atoms with Crippen LogP contribution in [0.2, 0.25) is 0 Å². The lowest BCUT2D eigenvalue weighted by Crippen LogP contribution is -2.10. The van der Waals surface area contributed by atoms with Crippen molar-refractivity contribution in [2.24, 2.45) is 9.98 Å². The molecular weight excluding hydrogens is 292 g/mol. The first-order valence-corrected chi connectivity index (χ1v) is 8.29. The largest absolute Gasteiger partial charge is 0.252 e. The first-order chi connectivity index (χ1) is 11.9. The quantitative estimate of drug-likeness (QED) is 0.633. The molecule has 2 aliphatic rings. The van der Waals surface area contributed by atoms with Gasteiger partial charge >= 0.3 is 0 Å². The zero-order chi connectivity index (χ0) is 15.9. The topological polar surface area (TPSA) is 24.7 Å². The average molecular weight is 308 g/mol. The summed E-state index contributed by atoms with van der Waals surface area (Å²) in [5.41, 5.74) is 9.51. The molecule has 0 amide bonds. The van der Waals surface area contributed by atoms with Crippen molar-refractivity contribution in [3.63, 3.8) is 0 Å². The van der Waals surface area contributed by atoms with Crippen LogP contribution in [0.1, 0.15) is 22.3 Å². The monoisotopic (exact) mass is 308 g/mol. The highest BCUT2D eigenvalue weighted by molar-refractivity contribution is 6.17. The Balaban J connectivity index is 1.57. The molecule has 0 fully saturated rings. The second kappa shape index (κ2) is 5.27. The molecular formula is C22H16N2. The van der Waals surface area contributed by atoms with Gasteiger partial charge in [-0.25, -0.2) is 0 Å². The fourth-order valence-corrected chi connectivity index (χ4v) is 3.57. The minimum absolute atomic E-state index is 0.896. The molecule has 2 nitrogen and oxygen atoms in total. The summed E-state index contributed by atoms with van der Waals surface area (Å²) in [5, 5.41) is 0. The van der Waals surface area contributed by atoms with Crippen LogP contribution in [0.25, 0.3) is 0 Å². The number of nitrogens with zero attached hydrogens (tertiary/aromatic N) is 2. The number of rotatable bonds is 2. The summed E-state index contributed by atoms with van der Waals surface area (Å²) < 4.78 is 0. The van der Waals surface area contributed by atoms with Gasteiger partial charge in [0.25, 0.3) is 0 Å². The molecule has 0 saturated carbocycles. The molecule has 0 atom stereocenters. The van der Waals surface area contributed by atoms with Gasteiger partial charge in [-0.2, -0.15) is 0 Å². The number of hydrogen-bond donors (Lipinski definition) is 0. The van der Waals surface area contributed by atoms with Gasteiger partial charge in [0, 0.05) is 24.0 Å². The first kappa shape index (κ1) is 13.4. The summed E-state index contributed by atoms with van der Waals surface area (Å²) in [6.07, 6.45) is 1.79. The highest BCUT2D eigenvalue weighted by Crippen LogP contribution is 2.32. The molecule has 0 spiro atoms. The first-order valence-electron chi connectivity index (χ1n) is 8.29. The van der Waals surface area contributed by atoms with Gasteiger partial charge < -0.3 is 0 Å². The minimum atomic E-state index is 0.896. The summed E-state index contributed by atoms with van der Waals surface area (Å²) in [4.78, 5) is 9.73.